The topological polar surface area (TPSA) is 78.6 Å². The van der Waals surface area contributed by atoms with Crippen molar-refractivity contribution in [2.24, 2.45) is 4.99 Å². The Morgan fingerprint density at radius 3 is 2.60 bits per heavy atom. The van der Waals surface area contributed by atoms with Gasteiger partial charge in [0.2, 0.25) is 5.89 Å². The molecule has 0 atom stereocenters. The molecule has 0 saturated carbocycles. The number of guanidine groups is 1. The van der Waals surface area contributed by atoms with Crippen LogP contribution < -0.4 is 15.5 Å². The van der Waals surface area contributed by atoms with Crippen LogP contribution in [-0.4, -0.2) is 42.8 Å². The molecule has 138 valence electrons. The van der Waals surface area contributed by atoms with Crippen molar-refractivity contribution < 1.29 is 4.52 Å². The van der Waals surface area contributed by atoms with E-state index in [2.05, 4.69) is 61.9 Å². The molecule has 2 aromatic rings. The first-order valence-electron chi connectivity index (χ1n) is 8.26. The number of aromatic nitrogens is 2. The maximum absolute atomic E-state index is 4.94. The highest BCUT2D eigenvalue weighted by molar-refractivity contribution is 14.0. The molecular formula is C17H27IN6O. The monoisotopic (exact) mass is 458 g/mol. The first-order chi connectivity index (χ1) is 11.7. The van der Waals surface area contributed by atoms with Crippen molar-refractivity contribution >= 4 is 35.6 Å². The van der Waals surface area contributed by atoms with Crippen molar-refractivity contribution in [1.82, 2.24) is 20.8 Å². The number of nitrogens with one attached hydrogen (secondary N) is 2. The van der Waals surface area contributed by atoms with Gasteiger partial charge in [0.25, 0.3) is 0 Å². The normalized spacial score (nSPS) is 10.9. The number of benzene rings is 1. The highest BCUT2D eigenvalue weighted by Crippen LogP contribution is 2.12. The van der Waals surface area contributed by atoms with E-state index in [-0.39, 0.29) is 24.0 Å². The number of para-hydroxylation sites is 1. The predicted molar refractivity (Wildman–Crippen MR) is 112 cm³/mol. The second-order valence-electron chi connectivity index (χ2n) is 5.35. The summed E-state index contributed by atoms with van der Waals surface area (Å²) in [5.41, 5.74) is 1.26. The Balaban J connectivity index is 0.00000312. The maximum atomic E-state index is 4.94. The molecule has 2 rings (SSSR count). The molecule has 0 amide bonds. The molecule has 7 nitrogen and oxygen atoms in total. The van der Waals surface area contributed by atoms with Gasteiger partial charge in [0, 0.05) is 39.3 Å². The van der Waals surface area contributed by atoms with E-state index in [0.29, 0.717) is 18.3 Å². The highest BCUT2D eigenvalue weighted by atomic mass is 127. The number of anilines is 1. The van der Waals surface area contributed by atoms with Gasteiger partial charge in [-0.3, -0.25) is 4.99 Å². The van der Waals surface area contributed by atoms with Gasteiger partial charge < -0.3 is 20.1 Å². The zero-order valence-electron chi connectivity index (χ0n) is 15.0. The summed E-state index contributed by atoms with van der Waals surface area (Å²) < 4.78 is 4.94. The minimum absolute atomic E-state index is 0. The Morgan fingerprint density at radius 1 is 1.24 bits per heavy atom. The number of aliphatic imine (C=N–C) groups is 1. The van der Waals surface area contributed by atoms with Gasteiger partial charge in [-0.05, 0) is 25.5 Å². The highest BCUT2D eigenvalue weighted by Gasteiger charge is 2.05. The fourth-order valence-corrected chi connectivity index (χ4v) is 2.38. The summed E-state index contributed by atoms with van der Waals surface area (Å²) in [4.78, 5) is 10.7. The first-order valence-corrected chi connectivity index (χ1v) is 8.26. The molecule has 1 heterocycles. The van der Waals surface area contributed by atoms with Crippen LogP contribution in [0, 0.1) is 6.92 Å². The Labute approximate surface area is 166 Å². The van der Waals surface area contributed by atoms with Crippen molar-refractivity contribution in [3.05, 3.63) is 42.0 Å². The lowest BCUT2D eigenvalue weighted by Crippen LogP contribution is -2.38. The van der Waals surface area contributed by atoms with Gasteiger partial charge in [-0.1, -0.05) is 23.4 Å². The Hall–Kier alpha value is -1.84. The predicted octanol–water partition coefficient (Wildman–Crippen LogP) is 2.58. The summed E-state index contributed by atoms with van der Waals surface area (Å²) in [5.74, 6) is 1.92. The van der Waals surface area contributed by atoms with E-state index < -0.39 is 0 Å². The van der Waals surface area contributed by atoms with Gasteiger partial charge in [-0.15, -0.1) is 24.0 Å². The van der Waals surface area contributed by atoms with Crippen LogP contribution in [0.1, 0.15) is 25.1 Å². The maximum Gasteiger partial charge on any atom is 0.223 e. The minimum Gasteiger partial charge on any atom is -0.372 e. The van der Waals surface area contributed by atoms with E-state index in [1.165, 1.54) is 5.69 Å². The number of rotatable bonds is 8. The standard InChI is InChI=1S/C17H26N6O.HI/c1-4-23(15-9-6-5-7-10-15)12-8-11-19-17(18-3)20-13-16-21-14(2)24-22-16;/h5-7,9-10H,4,8,11-13H2,1-3H3,(H2,18,19,20);1H. The number of halogens is 1. The van der Waals surface area contributed by atoms with E-state index in [1.54, 1.807) is 14.0 Å². The second-order valence-corrected chi connectivity index (χ2v) is 5.35. The summed E-state index contributed by atoms with van der Waals surface area (Å²) in [5, 5.41) is 10.3. The summed E-state index contributed by atoms with van der Waals surface area (Å²) >= 11 is 0. The molecule has 0 radical (unpaired) electrons. The first kappa shape index (κ1) is 21.2. The van der Waals surface area contributed by atoms with Gasteiger partial charge in [0.1, 0.15) is 0 Å². The Morgan fingerprint density at radius 2 is 2.00 bits per heavy atom. The zero-order chi connectivity index (χ0) is 17.2. The fraction of sp³-hybridized carbons (Fsp3) is 0.471. The van der Waals surface area contributed by atoms with Crippen LogP contribution in [0.5, 0.6) is 0 Å². The summed E-state index contributed by atoms with van der Waals surface area (Å²) in [6.07, 6.45) is 1.02. The quantitative estimate of drug-likeness (QED) is 0.274. The molecule has 0 spiro atoms. The number of hydrogen-bond donors (Lipinski definition) is 2. The van der Waals surface area contributed by atoms with Crippen LogP contribution >= 0.6 is 24.0 Å². The second kappa shape index (κ2) is 11.7. The molecule has 1 aromatic carbocycles. The number of nitrogens with zero attached hydrogens (tertiary/aromatic N) is 4. The van der Waals surface area contributed by atoms with Gasteiger partial charge in [0.05, 0.1) is 6.54 Å². The zero-order valence-corrected chi connectivity index (χ0v) is 17.4. The van der Waals surface area contributed by atoms with Crippen molar-refractivity contribution in [2.75, 3.05) is 31.6 Å². The third kappa shape index (κ3) is 7.29. The van der Waals surface area contributed by atoms with E-state index >= 15 is 0 Å². The van der Waals surface area contributed by atoms with Crippen molar-refractivity contribution in [1.29, 1.82) is 0 Å². The minimum atomic E-state index is 0. The average molecular weight is 458 g/mol. The molecule has 0 aliphatic carbocycles. The van der Waals surface area contributed by atoms with E-state index in [4.69, 9.17) is 4.52 Å². The van der Waals surface area contributed by atoms with Gasteiger partial charge in [0.15, 0.2) is 11.8 Å². The van der Waals surface area contributed by atoms with Gasteiger partial charge in [-0.25, -0.2) is 0 Å². The Bertz CT molecular complexity index is 631. The van der Waals surface area contributed by atoms with E-state index in [1.807, 2.05) is 6.07 Å². The summed E-state index contributed by atoms with van der Waals surface area (Å²) in [6, 6.07) is 10.5. The van der Waals surface area contributed by atoms with Crippen LogP contribution in [0.15, 0.2) is 39.8 Å². The van der Waals surface area contributed by atoms with Crippen LogP contribution in [0.25, 0.3) is 0 Å². The molecule has 25 heavy (non-hydrogen) atoms. The lowest BCUT2D eigenvalue weighted by Gasteiger charge is -2.23. The molecule has 0 aliphatic heterocycles. The van der Waals surface area contributed by atoms with Crippen LogP contribution in [0.4, 0.5) is 5.69 Å². The van der Waals surface area contributed by atoms with E-state index in [0.717, 1.165) is 32.0 Å². The molecule has 0 saturated heterocycles. The lowest BCUT2D eigenvalue weighted by atomic mass is 10.2. The van der Waals surface area contributed by atoms with Gasteiger partial charge >= 0.3 is 0 Å². The van der Waals surface area contributed by atoms with Crippen molar-refractivity contribution in [3.63, 3.8) is 0 Å². The molecule has 8 heteroatoms. The lowest BCUT2D eigenvalue weighted by molar-refractivity contribution is 0.387. The fourth-order valence-electron chi connectivity index (χ4n) is 2.38. The summed E-state index contributed by atoms with van der Waals surface area (Å²) in [6.45, 7) is 7.27. The van der Waals surface area contributed by atoms with Crippen molar-refractivity contribution in [2.45, 2.75) is 26.8 Å². The molecular weight excluding hydrogens is 431 g/mol. The SMILES string of the molecule is CCN(CCCNC(=NC)NCc1noc(C)n1)c1ccccc1.I. The van der Waals surface area contributed by atoms with Crippen LogP contribution in [0.3, 0.4) is 0 Å². The molecule has 1 aromatic heterocycles. The molecule has 0 fully saturated rings. The van der Waals surface area contributed by atoms with Crippen LogP contribution in [-0.2, 0) is 6.54 Å². The number of aryl methyl sites for hydroxylation is 1. The summed E-state index contributed by atoms with van der Waals surface area (Å²) in [7, 11) is 1.75. The third-order valence-electron chi connectivity index (χ3n) is 3.61. The smallest absolute Gasteiger partial charge is 0.223 e. The number of hydrogen-bond acceptors (Lipinski definition) is 5. The average Bonchev–Trinajstić information content (AvgIpc) is 3.03. The van der Waals surface area contributed by atoms with Crippen LogP contribution in [0.2, 0.25) is 0 Å². The van der Waals surface area contributed by atoms with Crippen molar-refractivity contribution in [3.8, 4) is 0 Å². The molecule has 0 bridgehead atoms. The molecule has 0 unspecified atom stereocenters. The van der Waals surface area contributed by atoms with E-state index in [9.17, 15) is 0 Å². The Kier molecular flexibility index (Phi) is 9.90. The molecule has 0 aliphatic rings. The van der Waals surface area contributed by atoms with Gasteiger partial charge in [-0.2, -0.15) is 4.98 Å². The largest absolute Gasteiger partial charge is 0.372 e. The molecule has 2 N–H and O–H groups in total. The third-order valence-corrected chi connectivity index (χ3v) is 3.61.